The molecule has 1 aromatic rings. The second-order valence-corrected chi connectivity index (χ2v) is 9.40. The van der Waals surface area contributed by atoms with Crippen molar-refractivity contribution in [3.63, 3.8) is 0 Å². The van der Waals surface area contributed by atoms with Gasteiger partial charge in [0.1, 0.15) is 5.75 Å². The van der Waals surface area contributed by atoms with Crippen molar-refractivity contribution in [3.8, 4) is 0 Å². The number of hydrogen-bond donors (Lipinski definition) is 2. The number of carbonyl (C=O) groups is 2. The minimum atomic E-state index is -3.90. The number of sulfonamides is 1. The van der Waals surface area contributed by atoms with E-state index in [0.717, 1.165) is 0 Å². The van der Waals surface area contributed by atoms with Gasteiger partial charge >= 0.3 is 5.97 Å². The lowest BCUT2D eigenvalue weighted by atomic mass is 9.84. The van der Waals surface area contributed by atoms with Crippen molar-refractivity contribution in [3.05, 3.63) is 56.8 Å². The number of non-ortho nitro benzene ring substituents is 1. The highest BCUT2D eigenvalue weighted by atomic mass is 32.2. The number of esters is 1. The summed E-state index contributed by atoms with van der Waals surface area (Å²) in [4.78, 5) is 36.9. The van der Waals surface area contributed by atoms with Gasteiger partial charge in [0.2, 0.25) is 10.0 Å². The number of nitro benzene ring substituents is 1. The lowest BCUT2D eigenvalue weighted by Crippen LogP contribution is -2.40. The molecule has 0 aliphatic carbocycles. The van der Waals surface area contributed by atoms with Crippen molar-refractivity contribution in [2.45, 2.75) is 46.8 Å². The molecule has 0 saturated heterocycles. The molecule has 0 saturated carbocycles. The molecule has 11 heteroatoms. The standard InChI is InChI=1S/C21H27N3O7S/c1-6-22-32(29,30)11-17(25)18-13(4)23-14(5)19(21(26)31-12(2)3)20(18)15-8-7-9-16(10-15)24(27)28/h7-10,12-13,22-23H,6,11H2,1-5H3. The fourth-order valence-electron chi connectivity index (χ4n) is 3.51. The molecule has 174 valence electrons. The number of benzene rings is 1. The second kappa shape index (κ2) is 10.0. The predicted molar refractivity (Wildman–Crippen MR) is 119 cm³/mol. The van der Waals surface area contributed by atoms with Gasteiger partial charge in [-0.1, -0.05) is 19.1 Å². The minimum Gasteiger partial charge on any atom is -0.459 e. The quantitative estimate of drug-likeness (QED) is 0.320. The third-order valence-corrected chi connectivity index (χ3v) is 6.01. The molecule has 2 rings (SSSR count). The summed E-state index contributed by atoms with van der Waals surface area (Å²) in [5, 5.41) is 14.3. The molecule has 0 spiro atoms. The van der Waals surface area contributed by atoms with Gasteiger partial charge in [0, 0.05) is 35.5 Å². The first-order valence-electron chi connectivity index (χ1n) is 10.1. The van der Waals surface area contributed by atoms with Crippen LogP contribution in [-0.4, -0.2) is 49.5 Å². The van der Waals surface area contributed by atoms with Crippen LogP contribution in [0.25, 0.3) is 5.57 Å². The van der Waals surface area contributed by atoms with Crippen molar-refractivity contribution < 1.29 is 27.7 Å². The van der Waals surface area contributed by atoms with Gasteiger partial charge in [0.05, 0.1) is 22.6 Å². The molecule has 1 atom stereocenters. The molecule has 1 aliphatic heterocycles. The second-order valence-electron chi connectivity index (χ2n) is 7.60. The first kappa shape index (κ1) is 25.2. The Bertz CT molecular complexity index is 1100. The van der Waals surface area contributed by atoms with Crippen LogP contribution in [0.3, 0.4) is 0 Å². The fraction of sp³-hybridized carbons (Fsp3) is 0.429. The lowest BCUT2D eigenvalue weighted by molar-refractivity contribution is -0.384. The number of dihydropyridines is 1. The van der Waals surface area contributed by atoms with Gasteiger partial charge in [0.15, 0.2) is 5.78 Å². The number of nitrogens with one attached hydrogen (secondary N) is 2. The number of allylic oxidation sites excluding steroid dienone is 1. The first-order chi connectivity index (χ1) is 14.9. The number of Topliss-reactive ketones (excluding diaryl/α,β-unsaturated/α-hetero) is 1. The number of carbonyl (C=O) groups excluding carboxylic acids is 2. The third-order valence-electron chi connectivity index (χ3n) is 4.64. The fourth-order valence-corrected chi connectivity index (χ4v) is 4.56. The minimum absolute atomic E-state index is 0.0292. The van der Waals surface area contributed by atoms with Gasteiger partial charge in [0.25, 0.3) is 5.69 Å². The smallest absolute Gasteiger partial charge is 0.340 e. The van der Waals surface area contributed by atoms with Crippen molar-refractivity contribution in [2.24, 2.45) is 0 Å². The van der Waals surface area contributed by atoms with Gasteiger partial charge in [-0.3, -0.25) is 14.9 Å². The van der Waals surface area contributed by atoms with Gasteiger partial charge in [-0.15, -0.1) is 0 Å². The Balaban J connectivity index is 2.79. The Hall–Kier alpha value is -3.05. The van der Waals surface area contributed by atoms with Crippen LogP contribution in [0.2, 0.25) is 0 Å². The summed E-state index contributed by atoms with van der Waals surface area (Å²) >= 11 is 0. The van der Waals surface area contributed by atoms with Crippen molar-refractivity contribution in [1.29, 1.82) is 0 Å². The van der Waals surface area contributed by atoms with E-state index < -0.39 is 44.6 Å². The molecule has 2 N–H and O–H groups in total. The molecule has 0 aromatic heterocycles. The summed E-state index contributed by atoms with van der Waals surface area (Å²) < 4.78 is 32.1. The van der Waals surface area contributed by atoms with E-state index in [1.54, 1.807) is 34.6 Å². The first-order valence-corrected chi connectivity index (χ1v) is 11.7. The molecule has 1 unspecified atom stereocenters. The van der Waals surface area contributed by atoms with Gasteiger partial charge < -0.3 is 10.1 Å². The SMILES string of the molecule is CCNS(=O)(=O)CC(=O)C1=C(c2cccc([N+](=O)[O-])c2)C(C(=O)OC(C)C)=C(C)NC1C. The van der Waals surface area contributed by atoms with Crippen LogP contribution in [0, 0.1) is 10.1 Å². The number of ketones is 1. The molecule has 0 fully saturated rings. The molecular weight excluding hydrogens is 438 g/mol. The van der Waals surface area contributed by atoms with E-state index in [4.69, 9.17) is 4.74 Å². The van der Waals surface area contributed by atoms with Crippen LogP contribution in [0.1, 0.15) is 40.2 Å². The van der Waals surface area contributed by atoms with Crippen molar-refractivity contribution in [2.75, 3.05) is 12.3 Å². The van der Waals surface area contributed by atoms with E-state index in [2.05, 4.69) is 10.0 Å². The molecule has 1 aromatic carbocycles. The Labute approximate surface area is 186 Å². The Morgan fingerprint density at radius 1 is 1.31 bits per heavy atom. The van der Waals surface area contributed by atoms with Gasteiger partial charge in [-0.2, -0.15) is 0 Å². The number of rotatable bonds is 9. The molecule has 0 amide bonds. The summed E-state index contributed by atoms with van der Waals surface area (Å²) in [6.45, 7) is 8.31. The van der Waals surface area contributed by atoms with Crippen molar-refractivity contribution >= 4 is 33.0 Å². The topological polar surface area (TPSA) is 145 Å². The van der Waals surface area contributed by atoms with E-state index >= 15 is 0 Å². The molecule has 1 heterocycles. The molecule has 1 aliphatic rings. The normalized spacial score (nSPS) is 16.8. The van der Waals surface area contributed by atoms with Gasteiger partial charge in [-0.05, 0) is 33.3 Å². The third kappa shape index (κ3) is 5.80. The summed E-state index contributed by atoms with van der Waals surface area (Å²) in [5.74, 6) is -2.28. The van der Waals surface area contributed by atoms with E-state index in [9.17, 15) is 28.1 Å². The molecule has 10 nitrogen and oxygen atoms in total. The maximum Gasteiger partial charge on any atom is 0.340 e. The number of nitrogens with zero attached hydrogens (tertiary/aromatic N) is 1. The number of ether oxygens (including phenoxy) is 1. The van der Waals surface area contributed by atoms with Crippen LogP contribution >= 0.6 is 0 Å². The highest BCUT2D eigenvalue weighted by Gasteiger charge is 2.35. The van der Waals surface area contributed by atoms with Crippen LogP contribution in [0.15, 0.2) is 41.1 Å². The van der Waals surface area contributed by atoms with E-state index in [0.29, 0.717) is 5.70 Å². The maximum atomic E-state index is 13.2. The zero-order valence-electron chi connectivity index (χ0n) is 18.6. The van der Waals surface area contributed by atoms with Crippen LogP contribution in [0.5, 0.6) is 0 Å². The molecule has 32 heavy (non-hydrogen) atoms. The van der Waals surface area contributed by atoms with E-state index in [-0.39, 0.29) is 34.5 Å². The van der Waals surface area contributed by atoms with Crippen LogP contribution < -0.4 is 10.0 Å². The average Bonchev–Trinajstić information content (AvgIpc) is 2.66. The van der Waals surface area contributed by atoms with Crippen LogP contribution in [0.4, 0.5) is 5.69 Å². The zero-order valence-corrected chi connectivity index (χ0v) is 19.4. The number of hydrogen-bond acceptors (Lipinski definition) is 8. The van der Waals surface area contributed by atoms with Gasteiger partial charge in [-0.25, -0.2) is 17.9 Å². The van der Waals surface area contributed by atoms with E-state index in [1.165, 1.54) is 24.3 Å². The highest BCUT2D eigenvalue weighted by Crippen LogP contribution is 2.36. The summed E-state index contributed by atoms with van der Waals surface area (Å²) in [6.07, 6.45) is -0.457. The Kier molecular flexibility index (Phi) is 7.92. The van der Waals surface area contributed by atoms with Crippen molar-refractivity contribution in [1.82, 2.24) is 10.0 Å². The lowest BCUT2D eigenvalue weighted by Gasteiger charge is -2.30. The zero-order chi connectivity index (χ0) is 24.2. The van der Waals surface area contributed by atoms with Crippen LogP contribution in [-0.2, 0) is 24.3 Å². The molecule has 0 radical (unpaired) electrons. The monoisotopic (exact) mass is 465 g/mol. The number of nitro groups is 1. The summed E-state index contributed by atoms with van der Waals surface area (Å²) in [7, 11) is -3.90. The van der Waals surface area contributed by atoms with E-state index in [1.807, 2.05) is 0 Å². The predicted octanol–water partition coefficient (Wildman–Crippen LogP) is 2.07. The Morgan fingerprint density at radius 3 is 2.53 bits per heavy atom. The average molecular weight is 466 g/mol. The summed E-state index contributed by atoms with van der Waals surface area (Å²) in [5.41, 5.74) is 0.611. The summed E-state index contributed by atoms with van der Waals surface area (Å²) in [6, 6.07) is 4.85. The molecule has 0 bridgehead atoms. The maximum absolute atomic E-state index is 13.2. The Morgan fingerprint density at radius 2 is 1.97 bits per heavy atom. The highest BCUT2D eigenvalue weighted by molar-refractivity contribution is 7.90. The largest absolute Gasteiger partial charge is 0.459 e. The molecular formula is C21H27N3O7S.